The van der Waals surface area contributed by atoms with E-state index in [2.05, 4.69) is 5.32 Å². The fourth-order valence-electron chi connectivity index (χ4n) is 1.99. The Balaban J connectivity index is 2.89. The summed E-state index contributed by atoms with van der Waals surface area (Å²) >= 11 is 5.88. The summed E-state index contributed by atoms with van der Waals surface area (Å²) in [6.45, 7) is 3.66. The number of nitrogens with zero attached hydrogens (tertiary/aromatic N) is 1. The Labute approximate surface area is 131 Å². The van der Waals surface area contributed by atoms with Gasteiger partial charge in [-0.25, -0.2) is 8.42 Å². The van der Waals surface area contributed by atoms with Crippen LogP contribution in [0.1, 0.15) is 26.7 Å². The van der Waals surface area contributed by atoms with Crippen molar-refractivity contribution in [2.45, 2.75) is 32.7 Å². The molecular weight excluding hydrogens is 312 g/mol. The van der Waals surface area contributed by atoms with Crippen LogP contribution < -0.4 is 9.62 Å². The van der Waals surface area contributed by atoms with E-state index in [-0.39, 0.29) is 18.5 Å². The molecule has 1 rings (SSSR count). The van der Waals surface area contributed by atoms with Gasteiger partial charge in [-0.15, -0.1) is 0 Å². The number of halogens is 1. The second-order valence-corrected chi connectivity index (χ2v) is 7.35. The molecule has 1 aromatic carbocycles. The largest absolute Gasteiger partial charge is 0.352 e. The van der Waals surface area contributed by atoms with E-state index in [1.54, 1.807) is 18.2 Å². The van der Waals surface area contributed by atoms with Gasteiger partial charge in [0.2, 0.25) is 15.9 Å². The van der Waals surface area contributed by atoms with Crippen molar-refractivity contribution in [3.8, 4) is 0 Å². The van der Waals surface area contributed by atoms with Crippen LogP contribution in [-0.2, 0) is 14.8 Å². The highest BCUT2D eigenvalue weighted by molar-refractivity contribution is 7.92. The summed E-state index contributed by atoms with van der Waals surface area (Å²) in [4.78, 5) is 12.0. The minimum Gasteiger partial charge on any atom is -0.352 e. The number of hydrogen-bond donors (Lipinski definition) is 1. The number of hydrogen-bond acceptors (Lipinski definition) is 3. The van der Waals surface area contributed by atoms with Crippen LogP contribution in [0.3, 0.4) is 0 Å². The zero-order chi connectivity index (χ0) is 16.0. The van der Waals surface area contributed by atoms with Crippen molar-refractivity contribution in [1.82, 2.24) is 5.32 Å². The molecule has 1 N–H and O–H groups in total. The van der Waals surface area contributed by atoms with Crippen LogP contribution in [0.25, 0.3) is 0 Å². The molecule has 0 aliphatic heterocycles. The Morgan fingerprint density at radius 3 is 2.62 bits per heavy atom. The SMILES string of the molecule is CCCC(C)NC(=O)CN(c1cccc(Cl)c1)S(C)(=O)=O. The van der Waals surface area contributed by atoms with Gasteiger partial charge in [0.05, 0.1) is 11.9 Å². The summed E-state index contributed by atoms with van der Waals surface area (Å²) in [6, 6.07) is 6.44. The summed E-state index contributed by atoms with van der Waals surface area (Å²) in [6.07, 6.45) is 2.87. The molecule has 7 heteroatoms. The normalized spacial score (nSPS) is 12.8. The van der Waals surface area contributed by atoms with Crippen LogP contribution in [0.4, 0.5) is 5.69 Å². The van der Waals surface area contributed by atoms with Gasteiger partial charge < -0.3 is 5.32 Å². The second kappa shape index (κ2) is 7.66. The Morgan fingerprint density at radius 2 is 2.10 bits per heavy atom. The summed E-state index contributed by atoms with van der Waals surface area (Å²) in [5, 5.41) is 3.21. The van der Waals surface area contributed by atoms with Crippen LogP contribution in [0.15, 0.2) is 24.3 Å². The van der Waals surface area contributed by atoms with Crippen molar-refractivity contribution in [2.24, 2.45) is 0 Å². The highest BCUT2D eigenvalue weighted by Gasteiger charge is 2.21. The van der Waals surface area contributed by atoms with E-state index in [1.807, 2.05) is 13.8 Å². The van der Waals surface area contributed by atoms with Crippen LogP contribution in [0.5, 0.6) is 0 Å². The Bertz CT molecular complexity index is 590. The van der Waals surface area contributed by atoms with Gasteiger partial charge in [0.15, 0.2) is 0 Å². The van der Waals surface area contributed by atoms with Crippen LogP contribution in [0, 0.1) is 0 Å². The van der Waals surface area contributed by atoms with E-state index in [0.29, 0.717) is 10.7 Å². The molecular formula is C14H21ClN2O3S. The van der Waals surface area contributed by atoms with Crippen molar-refractivity contribution < 1.29 is 13.2 Å². The number of carbonyl (C=O) groups excluding carboxylic acids is 1. The Hall–Kier alpha value is -1.27. The monoisotopic (exact) mass is 332 g/mol. The summed E-state index contributed by atoms with van der Waals surface area (Å²) in [7, 11) is -3.56. The summed E-state index contributed by atoms with van der Waals surface area (Å²) in [5.74, 6) is -0.332. The van der Waals surface area contributed by atoms with Crippen molar-refractivity contribution in [2.75, 3.05) is 17.1 Å². The molecule has 0 fully saturated rings. The zero-order valence-corrected chi connectivity index (χ0v) is 14.0. The molecule has 5 nitrogen and oxygen atoms in total. The molecule has 21 heavy (non-hydrogen) atoms. The maximum absolute atomic E-state index is 12.0. The molecule has 0 saturated carbocycles. The van der Waals surface area contributed by atoms with Gasteiger partial charge in [0.25, 0.3) is 0 Å². The molecule has 0 aliphatic carbocycles. The van der Waals surface area contributed by atoms with E-state index in [9.17, 15) is 13.2 Å². The molecule has 0 bridgehead atoms. The predicted octanol–water partition coefficient (Wildman–Crippen LogP) is 2.41. The van der Waals surface area contributed by atoms with Crippen molar-refractivity contribution in [3.63, 3.8) is 0 Å². The van der Waals surface area contributed by atoms with Crippen LogP contribution in [0.2, 0.25) is 5.02 Å². The fourth-order valence-corrected chi connectivity index (χ4v) is 3.02. The van der Waals surface area contributed by atoms with Crippen LogP contribution >= 0.6 is 11.6 Å². The van der Waals surface area contributed by atoms with E-state index in [4.69, 9.17) is 11.6 Å². The first kappa shape index (κ1) is 17.8. The highest BCUT2D eigenvalue weighted by atomic mass is 35.5. The molecule has 0 heterocycles. The molecule has 0 spiro atoms. The number of rotatable bonds is 7. The van der Waals surface area contributed by atoms with Crippen LogP contribution in [-0.4, -0.2) is 33.2 Å². The fraction of sp³-hybridized carbons (Fsp3) is 0.500. The first-order chi connectivity index (χ1) is 9.74. The lowest BCUT2D eigenvalue weighted by molar-refractivity contribution is -0.120. The average molecular weight is 333 g/mol. The van der Waals surface area contributed by atoms with Crippen molar-refractivity contribution in [3.05, 3.63) is 29.3 Å². The zero-order valence-electron chi connectivity index (χ0n) is 12.5. The number of benzene rings is 1. The van der Waals surface area contributed by atoms with Gasteiger partial charge in [-0.05, 0) is 31.5 Å². The maximum Gasteiger partial charge on any atom is 0.240 e. The molecule has 0 aromatic heterocycles. The van der Waals surface area contributed by atoms with Gasteiger partial charge in [-0.1, -0.05) is 31.0 Å². The molecule has 118 valence electrons. The molecule has 0 radical (unpaired) electrons. The highest BCUT2D eigenvalue weighted by Crippen LogP contribution is 2.21. The summed E-state index contributed by atoms with van der Waals surface area (Å²) in [5.41, 5.74) is 0.378. The third-order valence-electron chi connectivity index (χ3n) is 2.91. The summed E-state index contributed by atoms with van der Waals surface area (Å²) < 4.78 is 24.8. The minimum absolute atomic E-state index is 0.0169. The molecule has 1 atom stereocenters. The van der Waals surface area contributed by atoms with Gasteiger partial charge >= 0.3 is 0 Å². The van der Waals surface area contributed by atoms with Crippen molar-refractivity contribution >= 4 is 33.2 Å². The van der Waals surface area contributed by atoms with Gasteiger partial charge in [0, 0.05) is 11.1 Å². The van der Waals surface area contributed by atoms with E-state index in [1.165, 1.54) is 6.07 Å². The van der Waals surface area contributed by atoms with E-state index < -0.39 is 10.0 Å². The molecule has 1 aromatic rings. The van der Waals surface area contributed by atoms with Crippen molar-refractivity contribution in [1.29, 1.82) is 0 Å². The quantitative estimate of drug-likeness (QED) is 0.833. The van der Waals surface area contributed by atoms with Gasteiger partial charge in [-0.3, -0.25) is 9.10 Å². The average Bonchev–Trinajstić information content (AvgIpc) is 2.34. The first-order valence-corrected chi connectivity index (χ1v) is 8.99. The number of anilines is 1. The number of sulfonamides is 1. The van der Waals surface area contributed by atoms with E-state index >= 15 is 0 Å². The number of amides is 1. The minimum atomic E-state index is -3.56. The Kier molecular flexibility index (Phi) is 6.48. The first-order valence-electron chi connectivity index (χ1n) is 6.76. The number of nitrogens with one attached hydrogen (secondary N) is 1. The standard InChI is InChI=1S/C14H21ClN2O3S/c1-4-6-11(2)16-14(18)10-17(21(3,19)20)13-8-5-7-12(15)9-13/h5,7-9,11H,4,6,10H2,1-3H3,(H,16,18). The van der Waals surface area contributed by atoms with Gasteiger partial charge in [0.1, 0.15) is 6.54 Å². The lowest BCUT2D eigenvalue weighted by Crippen LogP contribution is -2.43. The van der Waals surface area contributed by atoms with Gasteiger partial charge in [-0.2, -0.15) is 0 Å². The predicted molar refractivity (Wildman–Crippen MR) is 86.2 cm³/mol. The topological polar surface area (TPSA) is 66.5 Å². The second-order valence-electron chi connectivity index (χ2n) is 5.01. The Morgan fingerprint density at radius 1 is 1.43 bits per heavy atom. The lowest BCUT2D eigenvalue weighted by atomic mass is 10.2. The lowest BCUT2D eigenvalue weighted by Gasteiger charge is -2.23. The third-order valence-corrected chi connectivity index (χ3v) is 4.29. The molecule has 0 saturated heterocycles. The van der Waals surface area contributed by atoms with E-state index in [0.717, 1.165) is 23.4 Å². The molecule has 0 aliphatic rings. The smallest absolute Gasteiger partial charge is 0.240 e. The third kappa shape index (κ3) is 5.93. The molecule has 1 unspecified atom stereocenters. The molecule has 1 amide bonds. The number of carbonyl (C=O) groups is 1. The maximum atomic E-state index is 12.0.